The number of aliphatic hydroxyl groups excluding tert-OH is 1. The Morgan fingerprint density at radius 3 is 2.33 bits per heavy atom. The molecule has 1 N–H and O–H groups in total. The third kappa shape index (κ3) is 3.03. The predicted molar refractivity (Wildman–Crippen MR) is 70.9 cm³/mol. The average Bonchev–Trinajstić information content (AvgIpc) is 2.35. The molecule has 1 aromatic rings. The van der Waals surface area contributed by atoms with Crippen LogP contribution >= 0.6 is 0 Å². The standard InChI is InChI=1S/C15H22O3/c1-17-14-6-4-12(5-7-14)10-13(16)11-15(18-2)8-3-9-15/h4-7,13,16H,3,8-11H2,1-2H3. The van der Waals surface area contributed by atoms with E-state index in [2.05, 4.69) is 0 Å². The number of methoxy groups -OCH3 is 2. The van der Waals surface area contributed by atoms with Gasteiger partial charge < -0.3 is 14.6 Å². The fraction of sp³-hybridized carbons (Fsp3) is 0.600. The van der Waals surface area contributed by atoms with E-state index in [1.165, 1.54) is 6.42 Å². The van der Waals surface area contributed by atoms with Crippen molar-refractivity contribution >= 4 is 0 Å². The maximum atomic E-state index is 10.1. The third-order valence-corrected chi connectivity index (χ3v) is 3.94. The van der Waals surface area contributed by atoms with Crippen LogP contribution in [0.15, 0.2) is 24.3 Å². The first-order chi connectivity index (χ1) is 8.67. The summed E-state index contributed by atoms with van der Waals surface area (Å²) < 4.78 is 10.7. The van der Waals surface area contributed by atoms with Crippen molar-refractivity contribution in [2.75, 3.05) is 14.2 Å². The molecule has 1 aliphatic carbocycles. The molecule has 0 spiro atoms. The highest BCUT2D eigenvalue weighted by atomic mass is 16.5. The van der Waals surface area contributed by atoms with E-state index in [0.29, 0.717) is 6.42 Å². The maximum absolute atomic E-state index is 10.1. The second-order valence-corrected chi connectivity index (χ2v) is 5.15. The summed E-state index contributed by atoms with van der Waals surface area (Å²) in [5.74, 6) is 0.848. The van der Waals surface area contributed by atoms with Crippen LogP contribution in [0.5, 0.6) is 5.75 Å². The van der Waals surface area contributed by atoms with E-state index in [-0.39, 0.29) is 11.7 Å². The first-order valence-electron chi connectivity index (χ1n) is 6.54. The van der Waals surface area contributed by atoms with Crippen LogP contribution in [0.2, 0.25) is 0 Å². The fourth-order valence-electron chi connectivity index (χ4n) is 2.60. The van der Waals surface area contributed by atoms with E-state index >= 15 is 0 Å². The molecular formula is C15H22O3. The Balaban J connectivity index is 1.88. The summed E-state index contributed by atoms with van der Waals surface area (Å²) in [4.78, 5) is 0. The van der Waals surface area contributed by atoms with Crippen molar-refractivity contribution in [3.8, 4) is 5.75 Å². The molecule has 0 aliphatic heterocycles. The van der Waals surface area contributed by atoms with Gasteiger partial charge in [0.25, 0.3) is 0 Å². The van der Waals surface area contributed by atoms with Gasteiger partial charge in [-0.25, -0.2) is 0 Å². The van der Waals surface area contributed by atoms with Crippen molar-refractivity contribution < 1.29 is 14.6 Å². The highest BCUT2D eigenvalue weighted by Gasteiger charge is 2.38. The first-order valence-corrected chi connectivity index (χ1v) is 6.54. The van der Waals surface area contributed by atoms with Crippen LogP contribution in [0.4, 0.5) is 0 Å². The molecule has 1 atom stereocenters. The van der Waals surface area contributed by atoms with Crippen LogP contribution in [0, 0.1) is 0 Å². The predicted octanol–water partition coefficient (Wildman–Crippen LogP) is 2.56. The lowest BCUT2D eigenvalue weighted by Gasteiger charge is -2.41. The molecule has 1 unspecified atom stereocenters. The molecule has 1 aliphatic rings. The van der Waals surface area contributed by atoms with Crippen LogP contribution in [-0.2, 0) is 11.2 Å². The molecule has 0 aromatic heterocycles. The van der Waals surface area contributed by atoms with Crippen LogP contribution in [0.1, 0.15) is 31.2 Å². The van der Waals surface area contributed by atoms with E-state index in [1.54, 1.807) is 14.2 Å². The van der Waals surface area contributed by atoms with Gasteiger partial charge in [0.05, 0.1) is 18.8 Å². The van der Waals surface area contributed by atoms with Gasteiger partial charge in [-0.3, -0.25) is 0 Å². The summed E-state index contributed by atoms with van der Waals surface area (Å²) in [6, 6.07) is 7.86. The van der Waals surface area contributed by atoms with E-state index in [9.17, 15) is 5.11 Å². The van der Waals surface area contributed by atoms with E-state index in [4.69, 9.17) is 9.47 Å². The minimum Gasteiger partial charge on any atom is -0.497 e. The Hall–Kier alpha value is -1.06. The van der Waals surface area contributed by atoms with Crippen molar-refractivity contribution in [3.63, 3.8) is 0 Å². The fourth-order valence-corrected chi connectivity index (χ4v) is 2.60. The van der Waals surface area contributed by atoms with E-state index in [1.807, 2.05) is 24.3 Å². The van der Waals surface area contributed by atoms with Gasteiger partial charge in [0.1, 0.15) is 5.75 Å². The van der Waals surface area contributed by atoms with Gasteiger partial charge in [0, 0.05) is 13.5 Å². The van der Waals surface area contributed by atoms with E-state index < -0.39 is 0 Å². The molecule has 0 amide bonds. The average molecular weight is 250 g/mol. The molecule has 3 nitrogen and oxygen atoms in total. The van der Waals surface area contributed by atoms with Crippen molar-refractivity contribution in [3.05, 3.63) is 29.8 Å². The van der Waals surface area contributed by atoms with Crippen LogP contribution in [0.3, 0.4) is 0 Å². The smallest absolute Gasteiger partial charge is 0.118 e. The second kappa shape index (κ2) is 5.72. The molecule has 0 saturated heterocycles. The van der Waals surface area contributed by atoms with Crippen LogP contribution in [0.25, 0.3) is 0 Å². The molecule has 0 bridgehead atoms. The second-order valence-electron chi connectivity index (χ2n) is 5.15. The molecule has 1 fully saturated rings. The van der Waals surface area contributed by atoms with Gasteiger partial charge in [-0.2, -0.15) is 0 Å². The lowest BCUT2D eigenvalue weighted by atomic mass is 9.75. The summed E-state index contributed by atoms with van der Waals surface area (Å²) in [6.45, 7) is 0. The minimum absolute atomic E-state index is 0.0636. The Labute approximate surface area is 109 Å². The molecule has 18 heavy (non-hydrogen) atoms. The van der Waals surface area contributed by atoms with Gasteiger partial charge in [-0.05, 0) is 43.4 Å². The van der Waals surface area contributed by atoms with Crippen LogP contribution in [-0.4, -0.2) is 31.0 Å². The lowest BCUT2D eigenvalue weighted by Crippen LogP contribution is -2.42. The third-order valence-electron chi connectivity index (χ3n) is 3.94. The number of aliphatic hydroxyl groups is 1. The largest absolute Gasteiger partial charge is 0.497 e. The van der Waals surface area contributed by atoms with Crippen molar-refractivity contribution in [1.29, 1.82) is 0 Å². The zero-order valence-electron chi connectivity index (χ0n) is 11.2. The molecular weight excluding hydrogens is 228 g/mol. The Morgan fingerprint density at radius 2 is 1.89 bits per heavy atom. The quantitative estimate of drug-likeness (QED) is 0.843. The number of benzene rings is 1. The summed E-state index contributed by atoms with van der Waals surface area (Å²) >= 11 is 0. The van der Waals surface area contributed by atoms with Gasteiger partial charge in [-0.1, -0.05) is 12.1 Å². The molecule has 0 radical (unpaired) electrons. The number of hydrogen-bond donors (Lipinski definition) is 1. The van der Waals surface area contributed by atoms with Gasteiger partial charge in [0.2, 0.25) is 0 Å². The van der Waals surface area contributed by atoms with Crippen LogP contribution < -0.4 is 4.74 Å². The monoisotopic (exact) mass is 250 g/mol. The Morgan fingerprint density at radius 1 is 1.22 bits per heavy atom. The SMILES string of the molecule is COc1ccc(CC(O)CC2(OC)CCC2)cc1. The van der Waals surface area contributed by atoms with Gasteiger partial charge >= 0.3 is 0 Å². The molecule has 0 heterocycles. The maximum Gasteiger partial charge on any atom is 0.118 e. The summed E-state index contributed by atoms with van der Waals surface area (Å²) in [5.41, 5.74) is 1.07. The van der Waals surface area contributed by atoms with E-state index in [0.717, 1.165) is 30.6 Å². The Bertz CT molecular complexity index is 362. The first kappa shape index (κ1) is 13.4. The highest BCUT2D eigenvalue weighted by molar-refractivity contribution is 5.27. The Kier molecular flexibility index (Phi) is 4.25. The molecule has 1 saturated carbocycles. The number of rotatable bonds is 6. The summed E-state index contributed by atoms with van der Waals surface area (Å²) in [6.07, 6.45) is 4.43. The van der Waals surface area contributed by atoms with Gasteiger partial charge in [0.15, 0.2) is 0 Å². The zero-order chi connectivity index (χ0) is 13.0. The van der Waals surface area contributed by atoms with Crippen molar-refractivity contribution in [1.82, 2.24) is 0 Å². The number of hydrogen-bond acceptors (Lipinski definition) is 3. The molecule has 3 heteroatoms. The summed E-state index contributed by atoms with van der Waals surface area (Å²) in [5, 5.41) is 10.1. The minimum atomic E-state index is -0.335. The molecule has 1 aromatic carbocycles. The summed E-state index contributed by atoms with van der Waals surface area (Å²) in [7, 11) is 3.40. The highest BCUT2D eigenvalue weighted by Crippen LogP contribution is 2.39. The normalized spacial score (nSPS) is 19.1. The number of ether oxygens (including phenoxy) is 2. The lowest BCUT2D eigenvalue weighted by molar-refractivity contribution is -0.0989. The van der Waals surface area contributed by atoms with Gasteiger partial charge in [-0.15, -0.1) is 0 Å². The topological polar surface area (TPSA) is 38.7 Å². The zero-order valence-corrected chi connectivity index (χ0v) is 11.2. The van der Waals surface area contributed by atoms with Crippen molar-refractivity contribution in [2.45, 2.75) is 43.8 Å². The van der Waals surface area contributed by atoms with Crippen molar-refractivity contribution in [2.24, 2.45) is 0 Å². The molecule has 2 rings (SSSR count). The molecule has 100 valence electrons.